The van der Waals surface area contributed by atoms with Gasteiger partial charge in [0.2, 0.25) is 0 Å². The molecule has 1 rings (SSSR count). The quantitative estimate of drug-likeness (QED) is 0.728. The van der Waals surface area contributed by atoms with E-state index in [4.69, 9.17) is 14.6 Å². The molecule has 0 saturated heterocycles. The van der Waals surface area contributed by atoms with Crippen LogP contribution in [0.25, 0.3) is 0 Å². The monoisotopic (exact) mass is 283 g/mol. The molecular formula is C14H21NO3S. The molecule has 1 heterocycles. The summed E-state index contributed by atoms with van der Waals surface area (Å²) in [6.45, 7) is 3.97. The standard InChI is InChI=1S/C14H21NO3S/c1-17-8-5-15(6-9-18-2)11-14-10-13(12-19-14)4-3-7-16/h10,12,16H,5-9,11H2,1-2H3. The van der Waals surface area contributed by atoms with E-state index in [1.807, 2.05) is 5.38 Å². The van der Waals surface area contributed by atoms with E-state index in [0.29, 0.717) is 13.2 Å². The minimum Gasteiger partial charge on any atom is -0.384 e. The van der Waals surface area contributed by atoms with Crippen molar-refractivity contribution in [3.8, 4) is 11.8 Å². The summed E-state index contributed by atoms with van der Waals surface area (Å²) in [5, 5.41) is 10.7. The maximum absolute atomic E-state index is 8.67. The Bertz CT molecular complexity index is 400. The summed E-state index contributed by atoms with van der Waals surface area (Å²) in [6, 6.07) is 2.07. The molecule has 0 aliphatic heterocycles. The second-order valence-corrected chi connectivity index (χ2v) is 5.02. The van der Waals surface area contributed by atoms with Gasteiger partial charge in [-0.2, -0.15) is 0 Å². The molecule has 0 aliphatic carbocycles. The lowest BCUT2D eigenvalue weighted by molar-refractivity contribution is 0.111. The zero-order chi connectivity index (χ0) is 13.9. The Hall–Kier alpha value is -0.900. The van der Waals surface area contributed by atoms with Gasteiger partial charge in [-0.3, -0.25) is 4.90 Å². The third kappa shape index (κ3) is 6.71. The molecule has 1 aromatic heterocycles. The summed E-state index contributed by atoms with van der Waals surface area (Å²) in [5.41, 5.74) is 0.965. The first-order valence-electron chi connectivity index (χ1n) is 6.17. The first-order chi connectivity index (χ1) is 9.30. The van der Waals surface area contributed by atoms with Crippen molar-refractivity contribution < 1.29 is 14.6 Å². The highest BCUT2D eigenvalue weighted by atomic mass is 32.1. The van der Waals surface area contributed by atoms with Gasteiger partial charge in [-0.05, 0) is 6.07 Å². The Morgan fingerprint density at radius 2 is 1.95 bits per heavy atom. The van der Waals surface area contributed by atoms with Crippen molar-refractivity contribution in [1.29, 1.82) is 0 Å². The lowest BCUT2D eigenvalue weighted by atomic mass is 10.3. The maximum Gasteiger partial charge on any atom is 0.104 e. The molecule has 19 heavy (non-hydrogen) atoms. The second kappa shape index (κ2) is 9.96. The van der Waals surface area contributed by atoms with Crippen molar-refractivity contribution in [2.75, 3.05) is 47.1 Å². The molecule has 0 fully saturated rings. The summed E-state index contributed by atoms with van der Waals surface area (Å²) < 4.78 is 10.2. The SMILES string of the molecule is COCCN(CCOC)Cc1cc(C#CCO)cs1. The molecule has 0 radical (unpaired) electrons. The highest BCUT2D eigenvalue weighted by Gasteiger charge is 2.07. The van der Waals surface area contributed by atoms with Crippen LogP contribution in [0.4, 0.5) is 0 Å². The van der Waals surface area contributed by atoms with Gasteiger partial charge < -0.3 is 14.6 Å². The number of nitrogens with zero attached hydrogens (tertiary/aromatic N) is 1. The van der Waals surface area contributed by atoms with Crippen LogP contribution in [0.5, 0.6) is 0 Å². The van der Waals surface area contributed by atoms with Crippen LogP contribution in [0.2, 0.25) is 0 Å². The summed E-state index contributed by atoms with van der Waals surface area (Å²) in [7, 11) is 3.42. The molecule has 0 saturated carbocycles. The van der Waals surface area contributed by atoms with E-state index in [9.17, 15) is 0 Å². The van der Waals surface area contributed by atoms with Crippen molar-refractivity contribution in [1.82, 2.24) is 4.90 Å². The van der Waals surface area contributed by atoms with Crippen LogP contribution < -0.4 is 0 Å². The molecule has 0 amide bonds. The van der Waals surface area contributed by atoms with Gasteiger partial charge in [-0.1, -0.05) is 11.8 Å². The Kier molecular flexibility index (Phi) is 8.47. The fraction of sp³-hybridized carbons (Fsp3) is 0.571. The molecule has 5 heteroatoms. The summed E-state index contributed by atoms with van der Waals surface area (Å²) in [6.07, 6.45) is 0. The van der Waals surface area contributed by atoms with Gasteiger partial charge in [-0.25, -0.2) is 0 Å². The lowest BCUT2D eigenvalue weighted by Crippen LogP contribution is -2.29. The Balaban J connectivity index is 2.53. The number of methoxy groups -OCH3 is 2. The fourth-order valence-electron chi connectivity index (χ4n) is 1.60. The Labute approximate surface area is 119 Å². The number of thiophene rings is 1. The van der Waals surface area contributed by atoms with Gasteiger partial charge >= 0.3 is 0 Å². The van der Waals surface area contributed by atoms with E-state index in [1.54, 1.807) is 25.6 Å². The van der Waals surface area contributed by atoms with Crippen molar-refractivity contribution in [2.24, 2.45) is 0 Å². The minimum atomic E-state index is -0.0982. The zero-order valence-electron chi connectivity index (χ0n) is 11.5. The van der Waals surface area contributed by atoms with Crippen LogP contribution in [0.1, 0.15) is 10.4 Å². The molecule has 4 nitrogen and oxygen atoms in total. The van der Waals surface area contributed by atoms with Crippen LogP contribution in [0.15, 0.2) is 11.4 Å². The highest BCUT2D eigenvalue weighted by Crippen LogP contribution is 2.16. The lowest BCUT2D eigenvalue weighted by Gasteiger charge is -2.20. The van der Waals surface area contributed by atoms with Crippen molar-refractivity contribution in [3.05, 3.63) is 21.9 Å². The van der Waals surface area contributed by atoms with Crippen LogP contribution in [0.3, 0.4) is 0 Å². The van der Waals surface area contributed by atoms with Gasteiger partial charge in [0.15, 0.2) is 0 Å². The summed E-state index contributed by atoms with van der Waals surface area (Å²) >= 11 is 1.69. The number of hydrogen-bond acceptors (Lipinski definition) is 5. The number of hydrogen-bond donors (Lipinski definition) is 1. The number of ether oxygens (including phenoxy) is 2. The fourth-order valence-corrected chi connectivity index (χ4v) is 2.46. The molecular weight excluding hydrogens is 262 g/mol. The molecule has 0 aliphatic rings. The topological polar surface area (TPSA) is 41.9 Å². The van der Waals surface area contributed by atoms with Crippen LogP contribution in [-0.2, 0) is 16.0 Å². The molecule has 0 bridgehead atoms. The number of aliphatic hydroxyl groups is 1. The highest BCUT2D eigenvalue weighted by molar-refractivity contribution is 7.10. The largest absolute Gasteiger partial charge is 0.384 e. The average Bonchev–Trinajstić information content (AvgIpc) is 2.87. The van der Waals surface area contributed by atoms with E-state index in [-0.39, 0.29) is 6.61 Å². The van der Waals surface area contributed by atoms with Gasteiger partial charge in [0, 0.05) is 49.7 Å². The molecule has 0 atom stereocenters. The van der Waals surface area contributed by atoms with E-state index in [1.165, 1.54) is 4.88 Å². The Morgan fingerprint density at radius 1 is 1.26 bits per heavy atom. The van der Waals surface area contributed by atoms with E-state index in [2.05, 4.69) is 22.8 Å². The molecule has 0 unspecified atom stereocenters. The minimum absolute atomic E-state index is 0.0982. The predicted molar refractivity (Wildman–Crippen MR) is 77.3 cm³/mol. The summed E-state index contributed by atoms with van der Waals surface area (Å²) in [5.74, 6) is 5.58. The van der Waals surface area contributed by atoms with Crippen LogP contribution in [0, 0.1) is 11.8 Å². The number of rotatable bonds is 8. The Morgan fingerprint density at radius 3 is 2.53 bits per heavy atom. The van der Waals surface area contributed by atoms with E-state index < -0.39 is 0 Å². The smallest absolute Gasteiger partial charge is 0.104 e. The zero-order valence-corrected chi connectivity index (χ0v) is 12.3. The third-order valence-corrected chi connectivity index (χ3v) is 3.49. The van der Waals surface area contributed by atoms with Gasteiger partial charge in [0.25, 0.3) is 0 Å². The average molecular weight is 283 g/mol. The van der Waals surface area contributed by atoms with E-state index in [0.717, 1.165) is 25.2 Å². The molecule has 1 aromatic rings. The second-order valence-electron chi connectivity index (χ2n) is 4.02. The third-order valence-electron chi connectivity index (χ3n) is 2.57. The first-order valence-corrected chi connectivity index (χ1v) is 7.05. The van der Waals surface area contributed by atoms with E-state index >= 15 is 0 Å². The normalized spacial score (nSPS) is 10.5. The predicted octanol–water partition coefficient (Wildman–Crippen LogP) is 1.19. The van der Waals surface area contributed by atoms with Crippen molar-refractivity contribution in [3.63, 3.8) is 0 Å². The molecule has 0 aromatic carbocycles. The van der Waals surface area contributed by atoms with Crippen LogP contribution in [-0.4, -0.2) is 57.1 Å². The molecule has 0 spiro atoms. The summed E-state index contributed by atoms with van der Waals surface area (Å²) in [4.78, 5) is 3.55. The van der Waals surface area contributed by atoms with Crippen LogP contribution >= 0.6 is 11.3 Å². The van der Waals surface area contributed by atoms with Crippen molar-refractivity contribution in [2.45, 2.75) is 6.54 Å². The van der Waals surface area contributed by atoms with Gasteiger partial charge in [0.05, 0.1) is 13.2 Å². The number of aliphatic hydroxyl groups excluding tert-OH is 1. The van der Waals surface area contributed by atoms with Gasteiger partial charge in [-0.15, -0.1) is 11.3 Å². The van der Waals surface area contributed by atoms with Crippen molar-refractivity contribution >= 4 is 11.3 Å². The molecule has 106 valence electrons. The van der Waals surface area contributed by atoms with Gasteiger partial charge in [0.1, 0.15) is 6.61 Å². The first kappa shape index (κ1) is 16.2. The maximum atomic E-state index is 8.67. The molecule has 1 N–H and O–H groups in total.